The fourth-order valence-corrected chi connectivity index (χ4v) is 6.30. The van der Waals surface area contributed by atoms with E-state index in [0.29, 0.717) is 30.2 Å². The Morgan fingerprint density at radius 2 is 1.80 bits per heavy atom. The molecule has 15 heteroatoms. The van der Waals surface area contributed by atoms with Crippen LogP contribution in [0.3, 0.4) is 0 Å². The fraction of sp³-hybridized carbons (Fsp3) is 0.559. The Kier molecular flexibility index (Phi) is 12.7. The number of benzene rings is 2. The first kappa shape index (κ1) is 38.1. The summed E-state index contributed by atoms with van der Waals surface area (Å²) in [6.07, 6.45) is 2.45. The van der Waals surface area contributed by atoms with E-state index in [1.165, 1.54) is 24.3 Å². The highest BCUT2D eigenvalue weighted by atomic mass is 32.2. The number of halogens is 3. The van der Waals surface area contributed by atoms with Crippen molar-refractivity contribution in [1.82, 2.24) is 15.0 Å². The second kappa shape index (κ2) is 16.3. The molecule has 2 aromatic carbocycles. The standard InChI is InChI=1S/C27H38F3N5O3.C7H8O3S/c1-17(2)24-32-26(38-33-24)34-10-6-19(7-11-34)18(3)8-13-37-21-5-4-20(22(28)15-21)14-23(31)25(36)35-12-9-27(29,30)16-35;1-6-2-4-7(5-3-6)11(8,9)10/h4-5,15,17-19,23H,6-14,16,31H2,1-3H3;2-5H,1H3,(H,8,9,10)/t18-,23+;/m1./s1. The van der Waals surface area contributed by atoms with Crippen molar-refractivity contribution < 1.29 is 40.2 Å². The molecule has 0 radical (unpaired) electrons. The number of nitrogens with two attached hydrogens (primary N) is 1. The highest BCUT2D eigenvalue weighted by Gasteiger charge is 2.41. The van der Waals surface area contributed by atoms with Gasteiger partial charge >= 0.3 is 6.01 Å². The molecule has 2 atom stereocenters. The molecule has 0 aliphatic carbocycles. The van der Waals surface area contributed by atoms with Gasteiger partial charge < -0.3 is 24.8 Å². The van der Waals surface area contributed by atoms with Crippen LogP contribution < -0.4 is 15.4 Å². The Bertz CT molecular complexity index is 1650. The first-order valence-electron chi connectivity index (χ1n) is 16.5. The van der Waals surface area contributed by atoms with E-state index in [2.05, 4.69) is 22.0 Å². The number of aryl methyl sites for hydroxylation is 1. The van der Waals surface area contributed by atoms with Crippen molar-refractivity contribution in [2.45, 2.75) is 82.6 Å². The van der Waals surface area contributed by atoms with Gasteiger partial charge in [0.15, 0.2) is 5.82 Å². The highest BCUT2D eigenvalue weighted by Crippen LogP contribution is 2.30. The SMILES string of the molecule is CC(C)c1noc(N2CCC([C@H](C)CCOc3ccc(C[C@H](N)C(=O)N4CCC(F)(F)C4)c(F)c3)CC2)n1.Cc1ccc(S(=O)(=O)O)cc1. The molecule has 3 heterocycles. The van der Waals surface area contributed by atoms with Crippen molar-refractivity contribution in [2.75, 3.05) is 37.7 Å². The molecule has 49 heavy (non-hydrogen) atoms. The number of nitrogens with zero attached hydrogens (tertiary/aromatic N) is 4. The van der Waals surface area contributed by atoms with Gasteiger partial charge in [-0.2, -0.15) is 13.4 Å². The van der Waals surface area contributed by atoms with Crippen LogP contribution in [0.1, 0.15) is 69.3 Å². The summed E-state index contributed by atoms with van der Waals surface area (Å²) < 4.78 is 82.2. The van der Waals surface area contributed by atoms with Crippen molar-refractivity contribution in [1.29, 1.82) is 0 Å². The van der Waals surface area contributed by atoms with Crippen LogP contribution in [0.15, 0.2) is 51.9 Å². The van der Waals surface area contributed by atoms with Gasteiger partial charge in [-0.3, -0.25) is 9.35 Å². The van der Waals surface area contributed by atoms with Crippen molar-refractivity contribution in [3.63, 3.8) is 0 Å². The van der Waals surface area contributed by atoms with Gasteiger partial charge in [0.2, 0.25) is 5.91 Å². The molecular weight excluding hydrogens is 663 g/mol. The average Bonchev–Trinajstić information content (AvgIpc) is 3.69. The molecule has 2 fully saturated rings. The quantitative estimate of drug-likeness (QED) is 0.240. The largest absolute Gasteiger partial charge is 0.493 e. The predicted octanol–water partition coefficient (Wildman–Crippen LogP) is 5.63. The number of rotatable bonds is 11. The summed E-state index contributed by atoms with van der Waals surface area (Å²) in [7, 11) is -4.02. The van der Waals surface area contributed by atoms with Gasteiger partial charge in [0, 0.05) is 38.0 Å². The summed E-state index contributed by atoms with van der Waals surface area (Å²) >= 11 is 0. The Morgan fingerprint density at radius 1 is 1.12 bits per heavy atom. The maximum atomic E-state index is 14.7. The zero-order chi connectivity index (χ0) is 35.9. The number of aromatic nitrogens is 2. The summed E-state index contributed by atoms with van der Waals surface area (Å²) in [4.78, 5) is 20.0. The smallest absolute Gasteiger partial charge is 0.324 e. The summed E-state index contributed by atoms with van der Waals surface area (Å²) in [5, 5.41) is 4.05. The van der Waals surface area contributed by atoms with Gasteiger partial charge in [0.1, 0.15) is 11.6 Å². The Morgan fingerprint density at radius 3 is 2.35 bits per heavy atom. The van der Waals surface area contributed by atoms with Crippen LogP contribution in [0.4, 0.5) is 19.2 Å². The zero-order valence-electron chi connectivity index (χ0n) is 28.3. The summed E-state index contributed by atoms with van der Waals surface area (Å²) in [5.41, 5.74) is 7.13. The Hall–Kier alpha value is -3.69. The summed E-state index contributed by atoms with van der Waals surface area (Å²) in [6.45, 7) is 9.65. The van der Waals surface area contributed by atoms with Crippen LogP contribution in [0.2, 0.25) is 0 Å². The maximum Gasteiger partial charge on any atom is 0.324 e. The molecule has 270 valence electrons. The van der Waals surface area contributed by atoms with Crippen LogP contribution in [0, 0.1) is 24.6 Å². The number of amides is 1. The van der Waals surface area contributed by atoms with Crippen LogP contribution in [0.5, 0.6) is 5.75 Å². The van der Waals surface area contributed by atoms with Gasteiger partial charge in [0.05, 0.1) is 24.1 Å². The molecule has 1 aromatic heterocycles. The van der Waals surface area contributed by atoms with E-state index in [-0.39, 0.29) is 35.8 Å². The van der Waals surface area contributed by atoms with Crippen molar-refractivity contribution >= 4 is 22.0 Å². The summed E-state index contributed by atoms with van der Waals surface area (Å²) in [5.74, 6) is -1.64. The van der Waals surface area contributed by atoms with E-state index < -0.39 is 40.4 Å². The lowest BCUT2D eigenvalue weighted by molar-refractivity contribution is -0.133. The van der Waals surface area contributed by atoms with Crippen LogP contribution in [-0.4, -0.2) is 78.7 Å². The van der Waals surface area contributed by atoms with Crippen LogP contribution in [0.25, 0.3) is 0 Å². The fourth-order valence-electron chi connectivity index (χ4n) is 5.82. The van der Waals surface area contributed by atoms with Crippen molar-refractivity contribution in [3.8, 4) is 5.75 Å². The number of hydrogen-bond acceptors (Lipinski definition) is 9. The topological polar surface area (TPSA) is 152 Å². The molecule has 2 saturated heterocycles. The number of alkyl halides is 2. The number of anilines is 1. The predicted molar refractivity (Wildman–Crippen MR) is 178 cm³/mol. The molecule has 1 amide bonds. The van der Waals surface area contributed by atoms with E-state index in [1.807, 2.05) is 20.8 Å². The van der Waals surface area contributed by atoms with Gasteiger partial charge in [-0.1, -0.05) is 49.7 Å². The molecule has 2 aliphatic heterocycles. The van der Waals surface area contributed by atoms with Gasteiger partial charge in [0.25, 0.3) is 16.0 Å². The molecule has 0 saturated carbocycles. The molecule has 0 unspecified atom stereocenters. The number of carbonyl (C=O) groups excluding carboxylic acids is 1. The highest BCUT2D eigenvalue weighted by molar-refractivity contribution is 7.85. The molecule has 0 spiro atoms. The average molecular weight is 710 g/mol. The van der Waals surface area contributed by atoms with E-state index in [9.17, 15) is 26.4 Å². The zero-order valence-corrected chi connectivity index (χ0v) is 29.1. The van der Waals surface area contributed by atoms with Gasteiger partial charge in [-0.05, 0) is 68.2 Å². The third-order valence-corrected chi connectivity index (χ3v) is 9.85. The second-order valence-corrected chi connectivity index (χ2v) is 14.7. The lowest BCUT2D eigenvalue weighted by Crippen LogP contribution is -2.44. The van der Waals surface area contributed by atoms with Crippen molar-refractivity contribution in [2.24, 2.45) is 17.6 Å². The lowest BCUT2D eigenvalue weighted by Gasteiger charge is -2.33. The molecule has 5 rings (SSSR count). The Labute approximate surface area is 285 Å². The van der Waals surface area contributed by atoms with Gasteiger partial charge in [-0.25, -0.2) is 13.2 Å². The second-order valence-electron chi connectivity index (χ2n) is 13.2. The van der Waals surface area contributed by atoms with Crippen LogP contribution in [-0.2, 0) is 21.3 Å². The lowest BCUT2D eigenvalue weighted by atomic mass is 9.84. The number of carbonyl (C=O) groups is 1. The molecule has 2 aliphatic rings. The third-order valence-electron chi connectivity index (χ3n) is 8.99. The van der Waals surface area contributed by atoms with Crippen LogP contribution >= 0.6 is 0 Å². The number of likely N-dealkylation sites (tertiary alicyclic amines) is 1. The minimum Gasteiger partial charge on any atom is -0.493 e. The molecule has 11 nitrogen and oxygen atoms in total. The normalized spacial score (nSPS) is 17.8. The van der Waals surface area contributed by atoms with E-state index in [1.54, 1.807) is 18.2 Å². The molecule has 0 bridgehead atoms. The van der Waals surface area contributed by atoms with E-state index >= 15 is 0 Å². The van der Waals surface area contributed by atoms with E-state index in [0.717, 1.165) is 48.6 Å². The minimum absolute atomic E-state index is 0.0376. The molecular formula is C34H46F3N5O6S. The number of ether oxygens (including phenoxy) is 1. The third kappa shape index (κ3) is 10.9. The minimum atomic E-state index is -4.02. The summed E-state index contributed by atoms with van der Waals surface area (Å²) in [6, 6.07) is 9.99. The Balaban J connectivity index is 0.000000418. The molecule has 3 aromatic rings. The molecule has 3 N–H and O–H groups in total. The maximum absolute atomic E-state index is 14.7. The monoisotopic (exact) mass is 709 g/mol. The van der Waals surface area contributed by atoms with Crippen molar-refractivity contribution in [3.05, 3.63) is 65.2 Å². The first-order chi connectivity index (χ1) is 23.0. The number of piperidine rings is 1. The van der Waals surface area contributed by atoms with E-state index in [4.69, 9.17) is 19.5 Å². The van der Waals surface area contributed by atoms with Gasteiger partial charge in [-0.15, -0.1) is 0 Å². The number of hydrogen-bond donors (Lipinski definition) is 2. The first-order valence-corrected chi connectivity index (χ1v) is 17.9.